The van der Waals surface area contributed by atoms with Gasteiger partial charge in [0.25, 0.3) is 5.91 Å². The van der Waals surface area contributed by atoms with E-state index in [1.807, 2.05) is 60.8 Å². The Hall–Kier alpha value is -2.73. The van der Waals surface area contributed by atoms with Gasteiger partial charge in [-0.15, -0.1) is 4.98 Å². The number of anilines is 1. The average molecular weight is 310 g/mol. The van der Waals surface area contributed by atoms with Crippen molar-refractivity contribution in [3.8, 4) is 11.3 Å². The Labute approximate surface area is 134 Å². The molecular weight excluding hydrogens is 290 g/mol. The number of nitrogens with zero attached hydrogens (tertiary/aromatic N) is 3. The Morgan fingerprint density at radius 3 is 2.57 bits per heavy atom. The largest absolute Gasteiger partial charge is 0.366 e. The number of fused-ring (bicyclic) bond motifs is 1. The molecule has 0 saturated heterocycles. The van der Waals surface area contributed by atoms with Crippen molar-refractivity contribution in [3.63, 3.8) is 0 Å². The van der Waals surface area contributed by atoms with Crippen molar-refractivity contribution in [1.82, 2.24) is 9.55 Å². The lowest BCUT2D eigenvalue weighted by Gasteiger charge is -2.18. The molecule has 23 heavy (non-hydrogen) atoms. The maximum atomic E-state index is 12.3. The van der Waals surface area contributed by atoms with Gasteiger partial charge in [0.1, 0.15) is 5.66 Å². The Morgan fingerprint density at radius 2 is 1.96 bits per heavy atom. The number of aromatic nitrogens is 3. The van der Waals surface area contributed by atoms with Crippen LogP contribution in [0.5, 0.6) is 0 Å². The third-order valence-electron chi connectivity index (χ3n) is 3.42. The van der Waals surface area contributed by atoms with Crippen LogP contribution in [0, 0.1) is 0 Å². The Morgan fingerprint density at radius 1 is 1.26 bits per heavy atom. The second kappa shape index (κ2) is 5.48. The highest BCUT2D eigenvalue weighted by molar-refractivity contribution is 5.88. The van der Waals surface area contributed by atoms with Gasteiger partial charge in [0.05, 0.1) is 12.4 Å². The van der Waals surface area contributed by atoms with Crippen LogP contribution in [-0.4, -0.2) is 21.1 Å². The molecule has 0 saturated carbocycles. The van der Waals surface area contributed by atoms with Gasteiger partial charge in [-0.05, 0) is 19.9 Å². The van der Waals surface area contributed by atoms with E-state index < -0.39 is 5.66 Å². The van der Waals surface area contributed by atoms with Crippen molar-refractivity contribution >= 4 is 17.5 Å². The summed E-state index contributed by atoms with van der Waals surface area (Å²) >= 11 is 0. The number of benzene rings is 1. The van der Waals surface area contributed by atoms with Gasteiger partial charge in [0.2, 0.25) is 5.82 Å². The number of hydrogen-bond donors (Lipinski definition) is 2. The predicted molar refractivity (Wildman–Crippen MR) is 89.0 cm³/mol. The molecule has 0 aliphatic rings. The molecule has 3 aromatic rings. The maximum absolute atomic E-state index is 12.3. The van der Waals surface area contributed by atoms with Gasteiger partial charge in [-0.3, -0.25) is 4.79 Å². The molecule has 2 aromatic heterocycles. The molecule has 2 heterocycles. The van der Waals surface area contributed by atoms with E-state index in [2.05, 4.69) is 10.3 Å². The minimum Gasteiger partial charge on any atom is -0.301 e. The average Bonchev–Trinajstić information content (AvgIpc) is 2.81. The molecule has 3 rings (SSSR count). The van der Waals surface area contributed by atoms with Crippen molar-refractivity contribution in [1.29, 1.82) is 0 Å². The van der Waals surface area contributed by atoms with Crippen molar-refractivity contribution in [2.75, 3.05) is 5.32 Å². The number of hydrogen-bond acceptors (Lipinski definition) is 4. The molecule has 0 fully saturated rings. The molecule has 0 atom stereocenters. The van der Waals surface area contributed by atoms with Crippen molar-refractivity contribution in [2.24, 2.45) is 5.73 Å². The third kappa shape index (κ3) is 2.80. The predicted octanol–water partition coefficient (Wildman–Crippen LogP) is 2.06. The molecule has 6 nitrogen and oxygen atoms in total. The summed E-state index contributed by atoms with van der Waals surface area (Å²) in [4.78, 5) is 16.6. The van der Waals surface area contributed by atoms with Gasteiger partial charge in [0, 0.05) is 12.5 Å². The summed E-state index contributed by atoms with van der Waals surface area (Å²) in [5.41, 5.74) is 7.16. The van der Waals surface area contributed by atoms with E-state index >= 15 is 0 Å². The fraction of sp³-hybridized carbons (Fsp3) is 0.235. The maximum Gasteiger partial charge on any atom is 0.366 e. The number of carbonyl (C=O) groups is 1. The molecule has 3 N–H and O–H groups in total. The normalized spacial score (nSPS) is 11.7. The van der Waals surface area contributed by atoms with Crippen LogP contribution < -0.4 is 15.5 Å². The smallest absolute Gasteiger partial charge is 0.301 e. The molecule has 0 bridgehead atoms. The molecule has 0 spiro atoms. The Kier molecular flexibility index (Phi) is 3.61. The number of carbonyl (C=O) groups excluding carboxylic acids is 1. The molecule has 1 aromatic carbocycles. The lowest BCUT2D eigenvalue weighted by atomic mass is 10.1. The zero-order valence-corrected chi connectivity index (χ0v) is 13.4. The van der Waals surface area contributed by atoms with Gasteiger partial charge < -0.3 is 11.1 Å². The van der Waals surface area contributed by atoms with Crippen molar-refractivity contribution in [2.45, 2.75) is 26.4 Å². The highest BCUT2D eigenvalue weighted by Gasteiger charge is 2.30. The highest BCUT2D eigenvalue weighted by Crippen LogP contribution is 2.28. The minimum atomic E-state index is -0.651. The van der Waals surface area contributed by atoms with Gasteiger partial charge in [-0.2, -0.15) is 8.97 Å². The fourth-order valence-corrected chi connectivity index (χ4v) is 2.61. The first-order valence-electron chi connectivity index (χ1n) is 7.43. The molecule has 0 radical (unpaired) electrons. The molecule has 118 valence electrons. The SMILES string of the molecule is CC(=O)n1c(-c2ccccc2)c(NC(C)(C)N)[n+]2cccnc12. The first kappa shape index (κ1) is 15.2. The van der Waals surface area contributed by atoms with Crippen LogP contribution in [0.2, 0.25) is 0 Å². The molecule has 0 aliphatic heterocycles. The Bertz CT molecular complexity index is 862. The van der Waals surface area contributed by atoms with E-state index in [1.165, 1.54) is 6.92 Å². The lowest BCUT2D eigenvalue weighted by Crippen LogP contribution is -2.44. The summed E-state index contributed by atoms with van der Waals surface area (Å²) in [7, 11) is 0. The summed E-state index contributed by atoms with van der Waals surface area (Å²) < 4.78 is 3.45. The molecule has 0 aliphatic carbocycles. The summed E-state index contributed by atoms with van der Waals surface area (Å²) in [6.07, 6.45) is 3.53. The number of nitrogens with one attached hydrogen (secondary N) is 1. The van der Waals surface area contributed by atoms with Gasteiger partial charge in [0.15, 0.2) is 5.69 Å². The standard InChI is InChI=1S/C17H20N5O/c1-12(23)22-14(13-8-5-4-6-9-13)15(20-17(2,3)18)21-11-7-10-19-16(21)22/h4-11,20H,18H2,1-3H3/q+1. The van der Waals surface area contributed by atoms with E-state index in [-0.39, 0.29) is 5.91 Å². The first-order chi connectivity index (χ1) is 10.9. The number of nitrogens with two attached hydrogens (primary N) is 1. The topological polar surface area (TPSA) is 77.0 Å². The second-order valence-electron chi connectivity index (χ2n) is 6.05. The fourth-order valence-electron chi connectivity index (χ4n) is 2.61. The summed E-state index contributed by atoms with van der Waals surface area (Å²) in [6, 6.07) is 11.6. The van der Waals surface area contributed by atoms with E-state index in [0.29, 0.717) is 5.78 Å². The first-order valence-corrected chi connectivity index (χ1v) is 7.43. The van der Waals surface area contributed by atoms with E-state index in [9.17, 15) is 4.79 Å². The van der Waals surface area contributed by atoms with Crippen molar-refractivity contribution < 1.29 is 9.20 Å². The zero-order valence-electron chi connectivity index (χ0n) is 13.4. The van der Waals surface area contributed by atoms with Crippen LogP contribution in [0.1, 0.15) is 25.6 Å². The third-order valence-corrected chi connectivity index (χ3v) is 3.42. The zero-order chi connectivity index (χ0) is 16.6. The number of imidazole rings is 1. The van der Waals surface area contributed by atoms with Crippen LogP contribution in [0.25, 0.3) is 17.0 Å². The van der Waals surface area contributed by atoms with Crippen LogP contribution in [0.15, 0.2) is 48.8 Å². The summed E-state index contributed by atoms with van der Waals surface area (Å²) in [6.45, 7) is 5.27. The lowest BCUT2D eigenvalue weighted by molar-refractivity contribution is -0.497. The van der Waals surface area contributed by atoms with E-state index in [0.717, 1.165) is 17.1 Å². The number of rotatable bonds is 3. The van der Waals surface area contributed by atoms with Crippen molar-refractivity contribution in [3.05, 3.63) is 48.8 Å². The van der Waals surface area contributed by atoms with Crippen LogP contribution >= 0.6 is 0 Å². The molecule has 6 heteroatoms. The van der Waals surface area contributed by atoms with Crippen LogP contribution in [-0.2, 0) is 0 Å². The summed E-state index contributed by atoms with van der Waals surface area (Å²) in [5.74, 6) is 1.18. The highest BCUT2D eigenvalue weighted by atomic mass is 16.1. The molecule has 0 amide bonds. The molecular formula is C17H20N5O+. The second-order valence-corrected chi connectivity index (χ2v) is 6.05. The monoisotopic (exact) mass is 310 g/mol. The van der Waals surface area contributed by atoms with E-state index in [1.54, 1.807) is 10.8 Å². The van der Waals surface area contributed by atoms with Gasteiger partial charge >= 0.3 is 5.78 Å². The van der Waals surface area contributed by atoms with E-state index in [4.69, 9.17) is 5.73 Å². The quantitative estimate of drug-likeness (QED) is 0.573. The van der Waals surface area contributed by atoms with Crippen LogP contribution in [0.3, 0.4) is 0 Å². The van der Waals surface area contributed by atoms with Crippen LogP contribution in [0.4, 0.5) is 5.82 Å². The molecule has 0 unspecified atom stereocenters. The van der Waals surface area contributed by atoms with Gasteiger partial charge in [-0.1, -0.05) is 30.3 Å². The van der Waals surface area contributed by atoms with Gasteiger partial charge in [-0.25, -0.2) is 0 Å². The summed E-state index contributed by atoms with van der Waals surface area (Å²) in [5, 5.41) is 3.29. The minimum absolute atomic E-state index is 0.108. The Balaban J connectivity index is 2.41.